The minimum Gasteiger partial charge on any atom is -0.462 e. The van der Waals surface area contributed by atoms with Crippen molar-refractivity contribution in [2.75, 3.05) is 38.7 Å². The van der Waals surface area contributed by atoms with E-state index in [1.165, 1.54) is 12.1 Å². The molecule has 0 aliphatic carbocycles. The fraction of sp³-hybridized carbons (Fsp3) is 0.500. The number of amides is 1. The molecule has 1 aliphatic heterocycles. The highest BCUT2D eigenvalue weighted by molar-refractivity contribution is 5.90. The summed E-state index contributed by atoms with van der Waals surface area (Å²) >= 11 is 0. The molecule has 1 aromatic rings. The van der Waals surface area contributed by atoms with Gasteiger partial charge < -0.3 is 14.5 Å². The summed E-state index contributed by atoms with van der Waals surface area (Å²) in [5.41, 5.74) is 0.594. The Hall–Kier alpha value is -2.11. The fourth-order valence-corrected chi connectivity index (χ4v) is 2.49. The number of anilines is 1. The molecule has 22 heavy (non-hydrogen) atoms. The van der Waals surface area contributed by atoms with E-state index >= 15 is 0 Å². The van der Waals surface area contributed by atoms with E-state index in [2.05, 4.69) is 0 Å². The average Bonchev–Trinajstić information content (AvgIpc) is 2.84. The third kappa shape index (κ3) is 3.55. The Morgan fingerprint density at radius 1 is 1.45 bits per heavy atom. The molecule has 0 unspecified atom stereocenters. The number of hydrogen-bond donors (Lipinski definition) is 0. The van der Waals surface area contributed by atoms with Crippen LogP contribution in [0.5, 0.6) is 0 Å². The minimum absolute atomic E-state index is 0.0134. The number of rotatable bonds is 5. The highest BCUT2D eigenvalue weighted by Gasteiger charge is 2.29. The van der Waals surface area contributed by atoms with Crippen LogP contribution in [0.25, 0.3) is 0 Å². The summed E-state index contributed by atoms with van der Waals surface area (Å²) in [4.78, 5) is 27.0. The first kappa shape index (κ1) is 16.3. The summed E-state index contributed by atoms with van der Waals surface area (Å²) in [6.07, 6.45) is 0.378. The maximum atomic E-state index is 14.0. The second kappa shape index (κ2) is 6.77. The smallest absolute Gasteiger partial charge is 0.341 e. The molecule has 0 saturated carbocycles. The van der Waals surface area contributed by atoms with Crippen LogP contribution in [0.15, 0.2) is 18.2 Å². The molecule has 1 atom stereocenters. The molecule has 120 valence electrons. The SMILES string of the molecule is CCN1C[C@@H](COC(=O)c2ccc(N(C)C)cc2F)CC1=O. The van der Waals surface area contributed by atoms with E-state index < -0.39 is 11.8 Å². The minimum atomic E-state index is -0.690. The predicted octanol–water partition coefficient (Wildman–Crippen LogP) is 1.92. The monoisotopic (exact) mass is 308 g/mol. The van der Waals surface area contributed by atoms with E-state index in [4.69, 9.17) is 4.74 Å². The zero-order valence-electron chi connectivity index (χ0n) is 13.1. The Morgan fingerprint density at radius 3 is 2.73 bits per heavy atom. The van der Waals surface area contributed by atoms with Crippen molar-refractivity contribution in [3.8, 4) is 0 Å². The molecule has 0 aromatic heterocycles. The summed E-state index contributed by atoms with van der Waals surface area (Å²) in [5.74, 6) is -1.23. The van der Waals surface area contributed by atoms with Crippen molar-refractivity contribution in [1.82, 2.24) is 4.90 Å². The van der Waals surface area contributed by atoms with E-state index in [1.807, 2.05) is 6.92 Å². The predicted molar refractivity (Wildman–Crippen MR) is 81.4 cm³/mol. The molecule has 1 heterocycles. The van der Waals surface area contributed by atoms with Gasteiger partial charge in [-0.2, -0.15) is 0 Å². The molecule has 1 fully saturated rings. The number of nitrogens with zero attached hydrogens (tertiary/aromatic N) is 2. The standard InChI is InChI=1S/C16H21FN2O3/c1-4-19-9-11(7-15(19)20)10-22-16(21)13-6-5-12(18(2)3)8-14(13)17/h5-6,8,11H,4,7,9-10H2,1-3H3/t11-/m0/s1. The molecule has 1 aliphatic rings. The van der Waals surface area contributed by atoms with Gasteiger partial charge in [0.05, 0.1) is 12.2 Å². The molecule has 0 spiro atoms. The van der Waals surface area contributed by atoms with Crippen LogP contribution in [0, 0.1) is 11.7 Å². The van der Waals surface area contributed by atoms with Crippen molar-refractivity contribution in [3.05, 3.63) is 29.6 Å². The summed E-state index contributed by atoms with van der Waals surface area (Å²) in [6.45, 7) is 3.29. The van der Waals surface area contributed by atoms with Crippen LogP contribution in [0.1, 0.15) is 23.7 Å². The Morgan fingerprint density at radius 2 is 2.18 bits per heavy atom. The van der Waals surface area contributed by atoms with Crippen LogP contribution in [0.4, 0.5) is 10.1 Å². The molecule has 1 saturated heterocycles. The van der Waals surface area contributed by atoms with Crippen molar-refractivity contribution in [1.29, 1.82) is 0 Å². The van der Waals surface area contributed by atoms with Crippen LogP contribution in [-0.4, -0.2) is 50.6 Å². The number of carbonyl (C=O) groups is 2. The zero-order chi connectivity index (χ0) is 16.3. The van der Waals surface area contributed by atoms with Gasteiger partial charge in [0.15, 0.2) is 0 Å². The van der Waals surface area contributed by atoms with Crippen LogP contribution < -0.4 is 4.90 Å². The van der Waals surface area contributed by atoms with Gasteiger partial charge in [0.2, 0.25) is 5.91 Å². The van der Waals surface area contributed by atoms with Gasteiger partial charge in [-0.15, -0.1) is 0 Å². The Balaban J connectivity index is 1.94. The van der Waals surface area contributed by atoms with Crippen LogP contribution in [0.2, 0.25) is 0 Å². The number of esters is 1. The van der Waals surface area contributed by atoms with Crippen molar-refractivity contribution >= 4 is 17.6 Å². The lowest BCUT2D eigenvalue weighted by atomic mass is 10.1. The lowest BCUT2D eigenvalue weighted by Crippen LogP contribution is -2.25. The molecule has 0 radical (unpaired) electrons. The van der Waals surface area contributed by atoms with Crippen molar-refractivity contribution in [2.24, 2.45) is 5.92 Å². The average molecular weight is 308 g/mol. The van der Waals surface area contributed by atoms with Crippen LogP contribution >= 0.6 is 0 Å². The van der Waals surface area contributed by atoms with Gasteiger partial charge in [-0.05, 0) is 25.1 Å². The highest BCUT2D eigenvalue weighted by Crippen LogP contribution is 2.20. The third-order valence-corrected chi connectivity index (χ3v) is 3.82. The van der Waals surface area contributed by atoms with Crippen LogP contribution in [0.3, 0.4) is 0 Å². The Labute approximate surface area is 129 Å². The van der Waals surface area contributed by atoms with E-state index in [0.717, 1.165) is 0 Å². The first-order valence-corrected chi connectivity index (χ1v) is 7.34. The second-order valence-corrected chi connectivity index (χ2v) is 5.66. The van der Waals surface area contributed by atoms with Gasteiger partial charge in [-0.3, -0.25) is 4.79 Å². The van der Waals surface area contributed by atoms with Gasteiger partial charge in [0.1, 0.15) is 5.82 Å². The zero-order valence-corrected chi connectivity index (χ0v) is 13.1. The normalized spacial score (nSPS) is 17.7. The molecular weight excluding hydrogens is 287 g/mol. The third-order valence-electron chi connectivity index (χ3n) is 3.82. The summed E-state index contributed by atoms with van der Waals surface area (Å²) in [7, 11) is 3.59. The van der Waals surface area contributed by atoms with Gasteiger partial charge in [-0.25, -0.2) is 9.18 Å². The number of likely N-dealkylation sites (tertiary alicyclic amines) is 1. The van der Waals surface area contributed by atoms with Crippen LogP contribution in [-0.2, 0) is 9.53 Å². The molecule has 5 nitrogen and oxygen atoms in total. The van der Waals surface area contributed by atoms with Crippen molar-refractivity contribution in [2.45, 2.75) is 13.3 Å². The maximum Gasteiger partial charge on any atom is 0.341 e. The van der Waals surface area contributed by atoms with E-state index in [0.29, 0.717) is 25.2 Å². The molecule has 1 aromatic carbocycles. The van der Waals surface area contributed by atoms with Crippen molar-refractivity contribution < 1.29 is 18.7 Å². The first-order chi connectivity index (χ1) is 10.4. The fourth-order valence-electron chi connectivity index (χ4n) is 2.49. The Bertz CT molecular complexity index is 575. The molecule has 2 rings (SSSR count). The number of benzene rings is 1. The summed E-state index contributed by atoms with van der Waals surface area (Å²) in [6, 6.07) is 4.39. The summed E-state index contributed by atoms with van der Waals surface area (Å²) < 4.78 is 19.1. The van der Waals surface area contributed by atoms with Gasteiger partial charge in [-0.1, -0.05) is 0 Å². The molecule has 0 N–H and O–H groups in total. The van der Waals surface area contributed by atoms with E-state index in [-0.39, 0.29) is 24.0 Å². The molecule has 1 amide bonds. The summed E-state index contributed by atoms with van der Waals surface area (Å²) in [5, 5.41) is 0. The second-order valence-electron chi connectivity index (χ2n) is 5.66. The lowest BCUT2D eigenvalue weighted by Gasteiger charge is -2.15. The largest absolute Gasteiger partial charge is 0.462 e. The number of halogens is 1. The molecule has 0 bridgehead atoms. The first-order valence-electron chi connectivity index (χ1n) is 7.34. The maximum absolute atomic E-state index is 14.0. The number of hydrogen-bond acceptors (Lipinski definition) is 4. The topological polar surface area (TPSA) is 49.9 Å². The number of carbonyl (C=O) groups excluding carboxylic acids is 2. The van der Waals surface area contributed by atoms with Gasteiger partial charge in [0, 0.05) is 45.2 Å². The molecular formula is C16H21FN2O3. The lowest BCUT2D eigenvalue weighted by molar-refractivity contribution is -0.127. The van der Waals surface area contributed by atoms with E-state index in [9.17, 15) is 14.0 Å². The van der Waals surface area contributed by atoms with Gasteiger partial charge in [0.25, 0.3) is 0 Å². The van der Waals surface area contributed by atoms with Crippen molar-refractivity contribution in [3.63, 3.8) is 0 Å². The van der Waals surface area contributed by atoms with Gasteiger partial charge >= 0.3 is 5.97 Å². The number of ether oxygens (including phenoxy) is 1. The highest BCUT2D eigenvalue weighted by atomic mass is 19.1. The Kier molecular flexibility index (Phi) is 5.00. The quantitative estimate of drug-likeness (QED) is 0.780. The van der Waals surface area contributed by atoms with E-state index in [1.54, 1.807) is 30.0 Å². The molecule has 6 heteroatoms.